The van der Waals surface area contributed by atoms with Crippen molar-refractivity contribution in [1.29, 1.82) is 0 Å². The Morgan fingerprint density at radius 3 is 2.46 bits per heavy atom. The van der Waals surface area contributed by atoms with E-state index >= 15 is 0 Å². The Bertz CT molecular complexity index is 388. The van der Waals surface area contributed by atoms with Gasteiger partial charge in [-0.3, -0.25) is 0 Å². The van der Waals surface area contributed by atoms with Gasteiger partial charge in [-0.25, -0.2) is 0 Å². The van der Waals surface area contributed by atoms with Gasteiger partial charge in [0.25, 0.3) is 0 Å². The molecule has 13 heavy (non-hydrogen) atoms. The Hall–Kier alpha value is -1.66. The van der Waals surface area contributed by atoms with Crippen molar-refractivity contribution in [1.82, 2.24) is 0 Å². The van der Waals surface area contributed by atoms with Crippen LogP contribution < -0.4 is 0 Å². The van der Waals surface area contributed by atoms with Crippen LogP contribution in [-0.2, 0) is 0 Å². The summed E-state index contributed by atoms with van der Waals surface area (Å²) in [5, 5.41) is 0. The van der Waals surface area contributed by atoms with Crippen LogP contribution in [0.5, 0.6) is 0 Å². The van der Waals surface area contributed by atoms with E-state index < -0.39 is 0 Å². The molecule has 62 valence electrons. The average molecular weight is 166 g/mol. The molecule has 0 aliphatic heterocycles. The minimum Gasteiger partial charge on any atom is -0.0857 e. The van der Waals surface area contributed by atoms with Gasteiger partial charge in [-0.1, -0.05) is 30.0 Å². The molecule has 0 nitrogen and oxygen atoms in total. The molecule has 0 aromatic heterocycles. The van der Waals surface area contributed by atoms with E-state index in [-0.39, 0.29) is 0 Å². The topological polar surface area (TPSA) is 0 Å². The molecule has 0 N–H and O–H groups in total. The third kappa shape index (κ3) is 2.69. The minimum absolute atomic E-state index is 0.644. The van der Waals surface area contributed by atoms with Crippen molar-refractivity contribution < 1.29 is 0 Å². The Morgan fingerprint density at radius 2 is 1.77 bits per heavy atom. The van der Waals surface area contributed by atoms with Gasteiger partial charge in [-0.05, 0) is 36.8 Å². The van der Waals surface area contributed by atoms with E-state index in [4.69, 9.17) is 0 Å². The fraction of sp³-hybridized carbons (Fsp3) is 0.231. The lowest BCUT2D eigenvalue weighted by atomic mass is 10.2. The standard InChI is InChI=1S/C13H10/c1-2-6-12(7-3-1)8-4-5-9-13-10-11-13/h1-3,6-7,13H,10-11H2. The van der Waals surface area contributed by atoms with Crippen LogP contribution in [0.1, 0.15) is 18.4 Å². The lowest BCUT2D eigenvalue weighted by Crippen LogP contribution is -1.69. The quantitative estimate of drug-likeness (QED) is 0.519. The van der Waals surface area contributed by atoms with Crippen LogP contribution in [0, 0.1) is 29.6 Å². The molecule has 1 aliphatic carbocycles. The fourth-order valence-corrected chi connectivity index (χ4v) is 0.991. The van der Waals surface area contributed by atoms with E-state index in [1.165, 1.54) is 12.8 Å². The van der Waals surface area contributed by atoms with Gasteiger partial charge in [0.1, 0.15) is 0 Å². The monoisotopic (exact) mass is 166 g/mol. The summed E-state index contributed by atoms with van der Waals surface area (Å²) in [6, 6.07) is 9.94. The summed E-state index contributed by atoms with van der Waals surface area (Å²) in [7, 11) is 0. The fourth-order valence-electron chi connectivity index (χ4n) is 0.991. The Labute approximate surface area is 79.0 Å². The van der Waals surface area contributed by atoms with Crippen LogP contribution in [0.3, 0.4) is 0 Å². The van der Waals surface area contributed by atoms with Crippen molar-refractivity contribution in [2.24, 2.45) is 5.92 Å². The summed E-state index contributed by atoms with van der Waals surface area (Å²) in [4.78, 5) is 0. The van der Waals surface area contributed by atoms with Crippen LogP contribution in [-0.4, -0.2) is 0 Å². The lowest BCUT2D eigenvalue weighted by molar-refractivity contribution is 1.18. The number of hydrogen-bond acceptors (Lipinski definition) is 0. The molecular weight excluding hydrogens is 156 g/mol. The lowest BCUT2D eigenvalue weighted by Gasteiger charge is -1.83. The van der Waals surface area contributed by atoms with Gasteiger partial charge < -0.3 is 0 Å². The van der Waals surface area contributed by atoms with Crippen molar-refractivity contribution in [2.75, 3.05) is 0 Å². The largest absolute Gasteiger partial charge is 0.0857 e. The predicted molar refractivity (Wildman–Crippen MR) is 53.8 cm³/mol. The Kier molecular flexibility index (Phi) is 2.35. The molecule has 0 unspecified atom stereocenters. The molecule has 1 aromatic carbocycles. The van der Waals surface area contributed by atoms with Crippen LogP contribution in [0.2, 0.25) is 0 Å². The second-order valence-corrected chi connectivity index (χ2v) is 3.16. The zero-order chi connectivity index (χ0) is 8.93. The SMILES string of the molecule is C(C#CC1CC1)#Cc1ccccc1. The molecule has 0 saturated heterocycles. The maximum Gasteiger partial charge on any atom is 0.0255 e. The van der Waals surface area contributed by atoms with Gasteiger partial charge in [0, 0.05) is 11.5 Å². The van der Waals surface area contributed by atoms with Gasteiger partial charge in [0.2, 0.25) is 0 Å². The molecule has 0 spiro atoms. The van der Waals surface area contributed by atoms with Crippen LogP contribution in [0.4, 0.5) is 0 Å². The zero-order valence-electron chi connectivity index (χ0n) is 7.38. The maximum absolute atomic E-state index is 3.10. The second-order valence-electron chi connectivity index (χ2n) is 3.16. The molecule has 0 radical (unpaired) electrons. The van der Waals surface area contributed by atoms with Gasteiger partial charge in [-0.15, -0.1) is 0 Å². The van der Waals surface area contributed by atoms with Crippen molar-refractivity contribution in [3.05, 3.63) is 35.9 Å². The van der Waals surface area contributed by atoms with E-state index in [0.29, 0.717) is 5.92 Å². The molecule has 0 bridgehead atoms. The molecule has 1 fully saturated rings. The van der Waals surface area contributed by atoms with E-state index in [1.54, 1.807) is 0 Å². The van der Waals surface area contributed by atoms with Crippen molar-refractivity contribution in [3.8, 4) is 23.7 Å². The van der Waals surface area contributed by atoms with Crippen LogP contribution >= 0.6 is 0 Å². The average Bonchev–Trinajstić information content (AvgIpc) is 2.98. The highest BCUT2D eigenvalue weighted by atomic mass is 14.2. The molecule has 1 saturated carbocycles. The molecule has 2 rings (SSSR count). The van der Waals surface area contributed by atoms with E-state index in [0.717, 1.165) is 5.56 Å². The number of rotatable bonds is 0. The third-order valence-electron chi connectivity index (χ3n) is 1.90. The highest BCUT2D eigenvalue weighted by Gasteiger charge is 2.17. The van der Waals surface area contributed by atoms with Crippen LogP contribution in [0.25, 0.3) is 0 Å². The molecule has 1 aliphatic rings. The summed E-state index contributed by atoms with van der Waals surface area (Å²) < 4.78 is 0. The first kappa shape index (κ1) is 7.96. The molecular formula is C13H10. The molecule has 0 heterocycles. The van der Waals surface area contributed by atoms with Gasteiger partial charge in [-0.2, -0.15) is 0 Å². The highest BCUT2D eigenvalue weighted by molar-refractivity contribution is 5.40. The van der Waals surface area contributed by atoms with Crippen LogP contribution in [0.15, 0.2) is 30.3 Å². The van der Waals surface area contributed by atoms with Gasteiger partial charge >= 0.3 is 0 Å². The number of hydrogen-bond donors (Lipinski definition) is 0. The summed E-state index contributed by atoms with van der Waals surface area (Å²) in [5.41, 5.74) is 1.03. The van der Waals surface area contributed by atoms with E-state index in [2.05, 4.69) is 23.7 Å². The Balaban J connectivity index is 2.01. The smallest absolute Gasteiger partial charge is 0.0255 e. The molecule has 0 heteroatoms. The van der Waals surface area contributed by atoms with Crippen molar-refractivity contribution in [3.63, 3.8) is 0 Å². The highest BCUT2D eigenvalue weighted by Crippen LogP contribution is 2.27. The zero-order valence-corrected chi connectivity index (χ0v) is 7.38. The Morgan fingerprint density at radius 1 is 1.00 bits per heavy atom. The second kappa shape index (κ2) is 3.83. The first-order valence-electron chi connectivity index (χ1n) is 4.52. The minimum atomic E-state index is 0.644. The van der Waals surface area contributed by atoms with Gasteiger partial charge in [0.15, 0.2) is 0 Å². The predicted octanol–water partition coefficient (Wildman–Crippen LogP) is 2.45. The van der Waals surface area contributed by atoms with Crippen molar-refractivity contribution in [2.45, 2.75) is 12.8 Å². The molecule has 1 aromatic rings. The summed E-state index contributed by atoms with van der Waals surface area (Å²) >= 11 is 0. The summed E-state index contributed by atoms with van der Waals surface area (Å²) in [6.07, 6.45) is 2.53. The first-order chi connectivity index (χ1) is 6.45. The van der Waals surface area contributed by atoms with Crippen molar-refractivity contribution >= 4 is 0 Å². The maximum atomic E-state index is 3.10. The molecule has 0 atom stereocenters. The number of benzene rings is 1. The summed E-state index contributed by atoms with van der Waals surface area (Å²) in [6.45, 7) is 0. The van der Waals surface area contributed by atoms with E-state index in [9.17, 15) is 0 Å². The van der Waals surface area contributed by atoms with E-state index in [1.807, 2.05) is 30.3 Å². The first-order valence-corrected chi connectivity index (χ1v) is 4.52. The third-order valence-corrected chi connectivity index (χ3v) is 1.90. The molecule has 0 amide bonds. The van der Waals surface area contributed by atoms with Gasteiger partial charge in [0.05, 0.1) is 0 Å². The summed E-state index contributed by atoms with van der Waals surface area (Å²) in [5.74, 6) is 12.5. The normalized spacial score (nSPS) is 13.5.